The molecule has 5 heteroatoms. The fourth-order valence-electron chi connectivity index (χ4n) is 0.905. The van der Waals surface area contributed by atoms with Crippen LogP contribution in [0.25, 0.3) is 0 Å². The van der Waals surface area contributed by atoms with Gasteiger partial charge in [0.25, 0.3) is 0 Å². The highest BCUT2D eigenvalue weighted by Crippen LogP contribution is 2.22. The Hall–Kier alpha value is -0.480. The summed E-state index contributed by atoms with van der Waals surface area (Å²) >= 11 is 1.98. The van der Waals surface area contributed by atoms with Crippen molar-refractivity contribution in [2.45, 2.75) is 0 Å². The van der Waals surface area contributed by atoms with E-state index in [1.54, 1.807) is 0 Å². The fraction of sp³-hybridized carbons (Fsp3) is 0.111. The Kier molecular flexibility index (Phi) is 4.48. The highest BCUT2D eigenvalue weighted by atomic mass is 127. The van der Waals surface area contributed by atoms with Crippen LogP contribution in [-0.4, -0.2) is 7.11 Å². The molecule has 1 aromatic rings. The summed E-state index contributed by atoms with van der Waals surface area (Å²) in [4.78, 5) is 0. The molecule has 0 aliphatic rings. The average molecular weight is 326 g/mol. The van der Waals surface area contributed by atoms with Crippen LogP contribution in [0.3, 0.4) is 0 Å². The van der Waals surface area contributed by atoms with Gasteiger partial charge in [0.1, 0.15) is 0 Å². The van der Waals surface area contributed by atoms with E-state index in [-0.39, 0.29) is 5.75 Å². The van der Waals surface area contributed by atoms with Crippen LogP contribution in [0.5, 0.6) is 5.75 Å². The summed E-state index contributed by atoms with van der Waals surface area (Å²) < 4.78 is 30.7. The minimum absolute atomic E-state index is 0.296. The number of methoxy groups -OCH3 is 1. The van der Waals surface area contributed by atoms with Crippen LogP contribution in [0.2, 0.25) is 0 Å². The minimum atomic E-state index is -0.741. The van der Waals surface area contributed by atoms with Crippen LogP contribution < -0.4 is 4.74 Å². The molecule has 0 spiro atoms. The zero-order valence-electron chi connectivity index (χ0n) is 7.11. The van der Waals surface area contributed by atoms with Crippen molar-refractivity contribution in [2.75, 3.05) is 7.11 Å². The van der Waals surface area contributed by atoms with Gasteiger partial charge in [-0.3, -0.25) is 0 Å². The highest BCUT2D eigenvalue weighted by molar-refractivity contribution is 14.2. The van der Waals surface area contributed by atoms with Crippen LogP contribution in [-0.2, 0) is 0 Å². The van der Waals surface area contributed by atoms with Gasteiger partial charge in [-0.2, -0.15) is 0 Å². The zero-order chi connectivity index (χ0) is 10.6. The summed E-state index contributed by atoms with van der Waals surface area (Å²) in [6.07, 6.45) is 0. The van der Waals surface area contributed by atoms with Gasteiger partial charge >= 0.3 is 0 Å². The number of ether oxygens (including phenoxy) is 1. The lowest BCUT2D eigenvalue weighted by molar-refractivity contribution is 0.359. The van der Waals surface area contributed by atoms with E-state index >= 15 is 0 Å². The number of hydrogen-bond donors (Lipinski definition) is 0. The molecule has 74 valence electrons. The first kappa shape index (κ1) is 11.6. The van der Waals surface area contributed by atoms with E-state index in [2.05, 4.69) is 15.9 Å². The third-order valence-corrected chi connectivity index (χ3v) is 2.28. The van der Waals surface area contributed by atoms with Crippen LogP contribution in [0.1, 0.15) is 5.56 Å². The Bertz CT molecular complexity index is 375. The predicted octanol–water partition coefficient (Wildman–Crippen LogP) is 3.37. The lowest BCUT2D eigenvalue weighted by Gasteiger charge is -2.02. The molecule has 0 aliphatic carbocycles. The summed E-state index contributed by atoms with van der Waals surface area (Å²) in [5.74, 6) is 0.739. The Balaban J connectivity index is 3.14. The van der Waals surface area contributed by atoms with Gasteiger partial charge in [0.05, 0.1) is 7.11 Å². The standard InChI is InChI=1S/C9H5F2IOS/c1-13-9-7(10)4-6(2-3-14-12)5-8(9)11/h4-5H,1H3. The molecular weight excluding hydrogens is 321 g/mol. The maximum atomic E-state index is 13.1. The van der Waals surface area contributed by atoms with Gasteiger partial charge in [-0.1, -0.05) is 5.92 Å². The van der Waals surface area contributed by atoms with E-state index in [1.807, 2.05) is 21.2 Å². The first-order chi connectivity index (χ1) is 6.69. The van der Waals surface area contributed by atoms with E-state index in [1.165, 1.54) is 16.0 Å². The van der Waals surface area contributed by atoms with Crippen molar-refractivity contribution in [3.05, 3.63) is 29.3 Å². The molecular formula is C9H5F2IOS. The van der Waals surface area contributed by atoms with E-state index in [4.69, 9.17) is 0 Å². The number of benzene rings is 1. The minimum Gasteiger partial charge on any atom is -0.491 e. The smallest absolute Gasteiger partial charge is 0.190 e. The highest BCUT2D eigenvalue weighted by Gasteiger charge is 2.10. The van der Waals surface area contributed by atoms with E-state index in [0.29, 0.717) is 5.56 Å². The monoisotopic (exact) mass is 326 g/mol. The molecule has 0 aliphatic heterocycles. The third kappa shape index (κ3) is 2.75. The Morgan fingerprint density at radius 1 is 1.36 bits per heavy atom. The second-order valence-electron chi connectivity index (χ2n) is 2.28. The van der Waals surface area contributed by atoms with Crippen molar-refractivity contribution in [1.29, 1.82) is 0 Å². The Labute approximate surface area is 96.8 Å². The molecule has 0 unspecified atom stereocenters. The van der Waals surface area contributed by atoms with Crippen molar-refractivity contribution in [3.8, 4) is 16.9 Å². The van der Waals surface area contributed by atoms with Crippen molar-refractivity contribution in [3.63, 3.8) is 0 Å². The number of hydrogen-bond acceptors (Lipinski definition) is 2. The maximum Gasteiger partial charge on any atom is 0.190 e. The third-order valence-electron chi connectivity index (χ3n) is 1.44. The molecule has 0 heterocycles. The van der Waals surface area contributed by atoms with Gasteiger partial charge in [0.15, 0.2) is 17.4 Å². The SMILES string of the molecule is COc1c(F)cc(C#CSI)cc1F. The molecule has 0 radical (unpaired) electrons. The van der Waals surface area contributed by atoms with Crippen LogP contribution >= 0.6 is 30.1 Å². The molecule has 0 aromatic heterocycles. The second-order valence-corrected chi connectivity index (χ2v) is 3.96. The molecule has 1 nitrogen and oxygen atoms in total. The van der Waals surface area contributed by atoms with Crippen LogP contribution in [0.15, 0.2) is 12.1 Å². The van der Waals surface area contributed by atoms with Gasteiger partial charge in [-0.05, 0) is 26.3 Å². The second kappa shape index (κ2) is 5.41. The summed E-state index contributed by atoms with van der Waals surface area (Å²) in [5.41, 5.74) is 0.296. The van der Waals surface area contributed by atoms with Gasteiger partial charge < -0.3 is 4.74 Å². The summed E-state index contributed by atoms with van der Waals surface area (Å²) in [6, 6.07) is 2.28. The van der Waals surface area contributed by atoms with Crippen LogP contribution in [0.4, 0.5) is 8.78 Å². The number of rotatable bonds is 1. The first-order valence-corrected chi connectivity index (χ1v) is 6.86. The van der Waals surface area contributed by atoms with E-state index in [0.717, 1.165) is 12.1 Å². The van der Waals surface area contributed by atoms with Crippen LogP contribution in [0, 0.1) is 22.8 Å². The lowest BCUT2D eigenvalue weighted by atomic mass is 10.2. The van der Waals surface area contributed by atoms with Gasteiger partial charge in [0.2, 0.25) is 0 Å². The maximum absolute atomic E-state index is 13.1. The fourth-order valence-corrected chi connectivity index (χ4v) is 1.39. The average Bonchev–Trinajstić information content (AvgIpc) is 2.14. The molecule has 0 saturated heterocycles. The molecule has 1 aromatic carbocycles. The van der Waals surface area contributed by atoms with E-state index in [9.17, 15) is 8.78 Å². The topological polar surface area (TPSA) is 9.23 Å². The molecule has 1 rings (SSSR count). The van der Waals surface area contributed by atoms with Crippen molar-refractivity contribution >= 4 is 30.1 Å². The van der Waals surface area contributed by atoms with Gasteiger partial charge in [-0.15, -0.1) is 0 Å². The Morgan fingerprint density at radius 2 is 1.93 bits per heavy atom. The normalized spacial score (nSPS) is 9.14. The number of halogens is 3. The summed E-state index contributed by atoms with van der Waals surface area (Å²) in [7, 11) is 2.47. The molecule has 0 saturated carbocycles. The largest absolute Gasteiger partial charge is 0.491 e. The molecule has 0 bridgehead atoms. The molecule has 14 heavy (non-hydrogen) atoms. The van der Waals surface area contributed by atoms with Gasteiger partial charge in [-0.25, -0.2) is 8.78 Å². The quantitative estimate of drug-likeness (QED) is 0.578. The first-order valence-electron chi connectivity index (χ1n) is 3.50. The van der Waals surface area contributed by atoms with Crippen molar-refractivity contribution in [1.82, 2.24) is 0 Å². The van der Waals surface area contributed by atoms with Crippen molar-refractivity contribution < 1.29 is 13.5 Å². The zero-order valence-corrected chi connectivity index (χ0v) is 10.1. The summed E-state index contributed by atoms with van der Waals surface area (Å²) in [5, 5.41) is 2.64. The summed E-state index contributed by atoms with van der Waals surface area (Å²) in [6.45, 7) is 0. The van der Waals surface area contributed by atoms with Gasteiger partial charge in [0, 0.05) is 26.8 Å². The Morgan fingerprint density at radius 3 is 2.36 bits per heavy atom. The molecule has 0 atom stereocenters. The van der Waals surface area contributed by atoms with Crippen molar-refractivity contribution in [2.24, 2.45) is 0 Å². The predicted molar refractivity (Wildman–Crippen MR) is 61.4 cm³/mol. The van der Waals surface area contributed by atoms with E-state index < -0.39 is 11.6 Å². The molecule has 0 N–H and O–H groups in total. The molecule has 0 amide bonds. The molecule has 0 fully saturated rings. The lowest BCUT2D eigenvalue weighted by Crippen LogP contribution is -1.93.